The summed E-state index contributed by atoms with van der Waals surface area (Å²) >= 11 is 0. The monoisotopic (exact) mass is 245 g/mol. The molecule has 1 aromatic carbocycles. The van der Waals surface area contributed by atoms with Gasteiger partial charge in [-0.25, -0.2) is 0 Å². The summed E-state index contributed by atoms with van der Waals surface area (Å²) in [6.07, 6.45) is 1.37. The molecule has 18 heavy (non-hydrogen) atoms. The van der Waals surface area contributed by atoms with Crippen LogP contribution in [-0.4, -0.2) is 13.1 Å². The lowest BCUT2D eigenvalue weighted by Crippen LogP contribution is -2.38. The molecule has 0 N–H and O–H groups in total. The third kappa shape index (κ3) is 2.88. The third-order valence-electron chi connectivity index (χ3n) is 4.11. The van der Waals surface area contributed by atoms with Crippen LogP contribution in [0.1, 0.15) is 51.2 Å². The van der Waals surface area contributed by atoms with E-state index >= 15 is 0 Å². The molecule has 1 aliphatic heterocycles. The Kier molecular flexibility index (Phi) is 3.99. The number of anilines is 1. The van der Waals surface area contributed by atoms with Gasteiger partial charge >= 0.3 is 0 Å². The van der Waals surface area contributed by atoms with E-state index in [2.05, 4.69) is 57.7 Å². The van der Waals surface area contributed by atoms with Crippen LogP contribution >= 0.6 is 0 Å². The van der Waals surface area contributed by atoms with E-state index in [4.69, 9.17) is 0 Å². The average Bonchev–Trinajstić information content (AvgIpc) is 2.26. The molecule has 100 valence electrons. The van der Waals surface area contributed by atoms with Gasteiger partial charge in [0.15, 0.2) is 0 Å². The number of piperidine rings is 1. The van der Waals surface area contributed by atoms with E-state index in [0.29, 0.717) is 5.92 Å². The first-order valence-electron chi connectivity index (χ1n) is 7.33. The summed E-state index contributed by atoms with van der Waals surface area (Å²) in [5, 5.41) is 0. The Morgan fingerprint density at radius 1 is 1.11 bits per heavy atom. The SMILES string of the molecule is Cc1cc(N2C[C@H](C)C[C@H](C)C2)ccc1C(C)C. The summed E-state index contributed by atoms with van der Waals surface area (Å²) < 4.78 is 0. The van der Waals surface area contributed by atoms with Gasteiger partial charge in [-0.05, 0) is 54.4 Å². The van der Waals surface area contributed by atoms with Crippen LogP contribution in [0.5, 0.6) is 0 Å². The number of nitrogens with zero attached hydrogens (tertiary/aromatic N) is 1. The minimum Gasteiger partial charge on any atom is -0.371 e. The first kappa shape index (κ1) is 13.5. The van der Waals surface area contributed by atoms with Gasteiger partial charge in [0.05, 0.1) is 0 Å². The number of aryl methyl sites for hydroxylation is 1. The number of hydrogen-bond donors (Lipinski definition) is 0. The molecule has 0 radical (unpaired) electrons. The molecule has 1 heterocycles. The van der Waals surface area contributed by atoms with Gasteiger partial charge in [-0.1, -0.05) is 33.8 Å². The van der Waals surface area contributed by atoms with Crippen molar-refractivity contribution in [1.82, 2.24) is 0 Å². The van der Waals surface area contributed by atoms with Gasteiger partial charge in [0.1, 0.15) is 0 Å². The van der Waals surface area contributed by atoms with Crippen LogP contribution in [-0.2, 0) is 0 Å². The normalized spacial score (nSPS) is 24.7. The Morgan fingerprint density at radius 2 is 1.72 bits per heavy atom. The van der Waals surface area contributed by atoms with Crippen LogP contribution in [0.4, 0.5) is 5.69 Å². The molecule has 0 unspecified atom stereocenters. The molecule has 0 amide bonds. The summed E-state index contributed by atoms with van der Waals surface area (Å²) in [6.45, 7) is 14.0. The smallest absolute Gasteiger partial charge is 0.0369 e. The second-order valence-corrected chi connectivity index (χ2v) is 6.55. The highest BCUT2D eigenvalue weighted by Crippen LogP contribution is 2.29. The fourth-order valence-corrected chi connectivity index (χ4v) is 3.38. The second-order valence-electron chi connectivity index (χ2n) is 6.55. The maximum absolute atomic E-state index is 2.57. The van der Waals surface area contributed by atoms with Crippen molar-refractivity contribution >= 4 is 5.69 Å². The number of hydrogen-bond acceptors (Lipinski definition) is 1. The summed E-state index contributed by atoms with van der Waals surface area (Å²) in [5.41, 5.74) is 4.33. The van der Waals surface area contributed by atoms with E-state index in [-0.39, 0.29) is 0 Å². The lowest BCUT2D eigenvalue weighted by molar-refractivity contribution is 0.357. The molecule has 1 saturated heterocycles. The third-order valence-corrected chi connectivity index (χ3v) is 4.11. The molecule has 0 saturated carbocycles. The topological polar surface area (TPSA) is 3.24 Å². The zero-order valence-electron chi connectivity index (χ0n) is 12.5. The largest absolute Gasteiger partial charge is 0.371 e. The van der Waals surface area contributed by atoms with Crippen LogP contribution in [0.15, 0.2) is 18.2 Å². The fourth-order valence-electron chi connectivity index (χ4n) is 3.38. The molecule has 0 aliphatic carbocycles. The van der Waals surface area contributed by atoms with Crippen molar-refractivity contribution in [1.29, 1.82) is 0 Å². The van der Waals surface area contributed by atoms with E-state index in [1.165, 1.54) is 36.3 Å². The quantitative estimate of drug-likeness (QED) is 0.736. The zero-order valence-corrected chi connectivity index (χ0v) is 12.5. The van der Waals surface area contributed by atoms with Crippen LogP contribution < -0.4 is 4.90 Å². The van der Waals surface area contributed by atoms with Crippen LogP contribution in [0, 0.1) is 18.8 Å². The summed E-state index contributed by atoms with van der Waals surface area (Å²) in [7, 11) is 0. The predicted molar refractivity (Wildman–Crippen MR) is 80.4 cm³/mol. The van der Waals surface area contributed by atoms with E-state index in [1.54, 1.807) is 0 Å². The van der Waals surface area contributed by atoms with Gasteiger partial charge in [0.25, 0.3) is 0 Å². The van der Waals surface area contributed by atoms with Gasteiger partial charge in [-0.15, -0.1) is 0 Å². The van der Waals surface area contributed by atoms with Crippen LogP contribution in [0.3, 0.4) is 0 Å². The van der Waals surface area contributed by atoms with Crippen molar-refractivity contribution in [3.8, 4) is 0 Å². The van der Waals surface area contributed by atoms with Crippen LogP contribution in [0.2, 0.25) is 0 Å². The fraction of sp³-hybridized carbons (Fsp3) is 0.647. The molecule has 1 heteroatoms. The first-order valence-corrected chi connectivity index (χ1v) is 7.33. The lowest BCUT2D eigenvalue weighted by Gasteiger charge is -2.37. The highest BCUT2D eigenvalue weighted by atomic mass is 15.1. The van der Waals surface area contributed by atoms with E-state index in [0.717, 1.165) is 11.8 Å². The molecular weight excluding hydrogens is 218 g/mol. The van der Waals surface area contributed by atoms with E-state index in [1.807, 2.05) is 0 Å². The molecule has 0 spiro atoms. The minimum atomic E-state index is 0.623. The van der Waals surface area contributed by atoms with Crippen molar-refractivity contribution in [2.75, 3.05) is 18.0 Å². The molecule has 1 aliphatic rings. The Labute approximate surface area is 112 Å². The van der Waals surface area contributed by atoms with E-state index < -0.39 is 0 Å². The zero-order chi connectivity index (χ0) is 13.3. The highest BCUT2D eigenvalue weighted by molar-refractivity contribution is 5.51. The summed E-state index contributed by atoms with van der Waals surface area (Å²) in [5.74, 6) is 2.26. The van der Waals surface area contributed by atoms with Crippen LogP contribution in [0.25, 0.3) is 0 Å². The van der Waals surface area contributed by atoms with E-state index in [9.17, 15) is 0 Å². The molecule has 1 fully saturated rings. The molecule has 2 rings (SSSR count). The average molecular weight is 245 g/mol. The van der Waals surface area contributed by atoms with Gasteiger partial charge in [0, 0.05) is 18.8 Å². The van der Waals surface area contributed by atoms with Gasteiger partial charge in [-0.3, -0.25) is 0 Å². The maximum Gasteiger partial charge on any atom is 0.0369 e. The Morgan fingerprint density at radius 3 is 2.22 bits per heavy atom. The highest BCUT2D eigenvalue weighted by Gasteiger charge is 2.22. The molecule has 0 bridgehead atoms. The number of rotatable bonds is 2. The molecule has 1 aromatic rings. The Balaban J connectivity index is 2.21. The summed E-state index contributed by atoms with van der Waals surface area (Å²) in [6, 6.07) is 7.01. The molecule has 2 atom stereocenters. The molecule has 1 nitrogen and oxygen atoms in total. The van der Waals surface area contributed by atoms with Gasteiger partial charge in [-0.2, -0.15) is 0 Å². The number of benzene rings is 1. The Hall–Kier alpha value is -0.980. The second kappa shape index (κ2) is 5.34. The van der Waals surface area contributed by atoms with Gasteiger partial charge in [0.2, 0.25) is 0 Å². The van der Waals surface area contributed by atoms with Crippen molar-refractivity contribution in [2.45, 2.75) is 47.0 Å². The first-order chi connectivity index (χ1) is 8.47. The van der Waals surface area contributed by atoms with Gasteiger partial charge < -0.3 is 4.90 Å². The van der Waals surface area contributed by atoms with Crippen molar-refractivity contribution in [3.63, 3.8) is 0 Å². The Bertz CT molecular complexity index is 398. The maximum atomic E-state index is 2.57. The molecule has 0 aromatic heterocycles. The minimum absolute atomic E-state index is 0.623. The lowest BCUT2D eigenvalue weighted by atomic mass is 9.91. The molecular formula is C17H27N. The van der Waals surface area contributed by atoms with Crippen molar-refractivity contribution in [3.05, 3.63) is 29.3 Å². The predicted octanol–water partition coefficient (Wildman–Crippen LogP) is 4.60. The standard InChI is InChI=1S/C17H27N/c1-12(2)17-7-6-16(9-15(17)5)18-10-13(3)8-14(4)11-18/h6-7,9,12-14H,8,10-11H2,1-5H3/t13-,14+. The van der Waals surface area contributed by atoms with Crippen molar-refractivity contribution in [2.24, 2.45) is 11.8 Å². The summed E-state index contributed by atoms with van der Waals surface area (Å²) in [4.78, 5) is 2.57. The van der Waals surface area contributed by atoms with Crippen molar-refractivity contribution < 1.29 is 0 Å².